The van der Waals surface area contributed by atoms with Crippen LogP contribution in [0.3, 0.4) is 0 Å². The lowest BCUT2D eigenvalue weighted by Gasteiger charge is -2.09. The summed E-state index contributed by atoms with van der Waals surface area (Å²) < 4.78 is 48.7. The average molecular weight is 287 g/mol. The van der Waals surface area contributed by atoms with Crippen LogP contribution in [0.5, 0.6) is 0 Å². The zero-order valence-electron chi connectivity index (χ0n) is 8.72. The molecule has 9 heteroatoms. The summed E-state index contributed by atoms with van der Waals surface area (Å²) in [5.41, 5.74) is -0.922. The van der Waals surface area contributed by atoms with E-state index in [0.717, 1.165) is 6.07 Å². The summed E-state index contributed by atoms with van der Waals surface area (Å²) in [4.78, 5) is 9.75. The minimum atomic E-state index is -4.40. The van der Waals surface area contributed by atoms with Gasteiger partial charge in [0, 0.05) is 18.7 Å². The van der Waals surface area contributed by atoms with Gasteiger partial charge in [-0.2, -0.15) is 13.2 Å². The van der Waals surface area contributed by atoms with E-state index in [-0.39, 0.29) is 5.69 Å². The number of alkyl halides is 3. The maximum atomic E-state index is 13.1. The van der Waals surface area contributed by atoms with E-state index in [4.69, 9.17) is 11.6 Å². The Kier molecular flexibility index (Phi) is 4.33. The smallest absolute Gasteiger partial charge is 0.379 e. The molecule has 0 bridgehead atoms. The molecule has 0 spiro atoms. The molecule has 18 heavy (non-hydrogen) atoms. The number of hydrogen-bond acceptors (Lipinski definition) is 3. The van der Waals surface area contributed by atoms with E-state index in [2.05, 4.69) is 5.32 Å². The normalized spacial score (nSPS) is 11.4. The van der Waals surface area contributed by atoms with Crippen LogP contribution in [0.25, 0.3) is 0 Å². The van der Waals surface area contributed by atoms with E-state index < -0.39 is 40.6 Å². The highest BCUT2D eigenvalue weighted by Gasteiger charge is 2.27. The maximum absolute atomic E-state index is 13.1. The van der Waals surface area contributed by atoms with Crippen molar-refractivity contribution in [2.45, 2.75) is 12.6 Å². The third-order valence-corrected chi connectivity index (χ3v) is 2.25. The molecule has 1 aromatic rings. The second-order valence-corrected chi connectivity index (χ2v) is 3.74. The van der Waals surface area contributed by atoms with E-state index in [0.29, 0.717) is 6.07 Å². The predicted octanol–water partition coefficient (Wildman–Crippen LogP) is 3.75. The van der Waals surface area contributed by atoms with E-state index in [9.17, 15) is 27.7 Å². The van der Waals surface area contributed by atoms with Crippen LogP contribution in [0.1, 0.15) is 6.42 Å². The molecule has 0 aliphatic carbocycles. The van der Waals surface area contributed by atoms with Gasteiger partial charge < -0.3 is 5.32 Å². The van der Waals surface area contributed by atoms with Crippen molar-refractivity contribution in [3.05, 3.63) is 33.1 Å². The Balaban J connectivity index is 2.87. The van der Waals surface area contributed by atoms with Crippen LogP contribution >= 0.6 is 11.6 Å². The third kappa shape index (κ3) is 4.02. The van der Waals surface area contributed by atoms with Crippen LogP contribution in [0.2, 0.25) is 5.02 Å². The first-order valence-electron chi connectivity index (χ1n) is 4.65. The van der Waals surface area contributed by atoms with Crippen LogP contribution in [-0.2, 0) is 0 Å². The Morgan fingerprint density at radius 3 is 2.50 bits per heavy atom. The van der Waals surface area contributed by atoms with Crippen LogP contribution in [-0.4, -0.2) is 17.6 Å². The first-order chi connectivity index (χ1) is 8.20. The van der Waals surface area contributed by atoms with E-state index in [1.165, 1.54) is 0 Å². The highest BCUT2D eigenvalue weighted by atomic mass is 35.5. The predicted molar refractivity (Wildman–Crippen MR) is 57.2 cm³/mol. The second-order valence-electron chi connectivity index (χ2n) is 3.33. The molecule has 0 radical (unpaired) electrons. The average Bonchev–Trinajstić information content (AvgIpc) is 2.20. The molecule has 0 aliphatic heterocycles. The van der Waals surface area contributed by atoms with Crippen molar-refractivity contribution in [1.82, 2.24) is 0 Å². The van der Waals surface area contributed by atoms with Gasteiger partial charge in [-0.3, -0.25) is 10.1 Å². The summed E-state index contributed by atoms with van der Waals surface area (Å²) in [7, 11) is 0. The SMILES string of the molecule is O=[N+]([O-])c1cc(Cl)c(F)cc1NCCC(F)(F)F. The Morgan fingerprint density at radius 1 is 1.39 bits per heavy atom. The van der Waals surface area contributed by atoms with Crippen LogP contribution in [0, 0.1) is 15.9 Å². The van der Waals surface area contributed by atoms with E-state index in [1.54, 1.807) is 0 Å². The zero-order valence-corrected chi connectivity index (χ0v) is 9.48. The molecule has 0 heterocycles. The van der Waals surface area contributed by atoms with Crippen LogP contribution in [0.15, 0.2) is 12.1 Å². The molecule has 1 N–H and O–H groups in total. The Morgan fingerprint density at radius 2 is 2.00 bits per heavy atom. The first-order valence-corrected chi connectivity index (χ1v) is 5.02. The van der Waals surface area contributed by atoms with Crippen molar-refractivity contribution >= 4 is 23.0 Å². The molecule has 100 valence electrons. The molecule has 0 amide bonds. The van der Waals surface area contributed by atoms with Gasteiger partial charge in [0.15, 0.2) is 0 Å². The minimum absolute atomic E-state index is 0.342. The Labute approximate surface area is 104 Å². The number of halogens is 5. The number of anilines is 1. The number of nitrogens with zero attached hydrogens (tertiary/aromatic N) is 1. The Bertz CT molecular complexity index is 465. The molecule has 0 saturated heterocycles. The van der Waals surface area contributed by atoms with Crippen LogP contribution in [0.4, 0.5) is 28.9 Å². The summed E-state index contributed by atoms with van der Waals surface area (Å²) in [5.74, 6) is -0.947. The van der Waals surface area contributed by atoms with E-state index >= 15 is 0 Å². The topological polar surface area (TPSA) is 55.2 Å². The third-order valence-electron chi connectivity index (χ3n) is 1.96. The number of benzene rings is 1. The van der Waals surface area contributed by atoms with Gasteiger partial charge >= 0.3 is 6.18 Å². The summed E-state index contributed by atoms with van der Waals surface area (Å²) >= 11 is 5.35. The lowest BCUT2D eigenvalue weighted by Crippen LogP contribution is -2.15. The molecule has 0 aromatic heterocycles. The fourth-order valence-electron chi connectivity index (χ4n) is 1.17. The lowest BCUT2D eigenvalue weighted by molar-refractivity contribution is -0.384. The van der Waals surface area contributed by atoms with Gasteiger partial charge in [0.2, 0.25) is 0 Å². The van der Waals surface area contributed by atoms with Gasteiger partial charge in [-0.05, 0) is 0 Å². The molecular formula is C9H7ClF4N2O2. The van der Waals surface area contributed by atoms with Crippen LogP contribution < -0.4 is 5.32 Å². The quantitative estimate of drug-likeness (QED) is 0.521. The van der Waals surface area contributed by atoms with Crippen molar-refractivity contribution in [2.75, 3.05) is 11.9 Å². The van der Waals surface area contributed by atoms with Gasteiger partial charge in [0.1, 0.15) is 11.5 Å². The van der Waals surface area contributed by atoms with Crippen molar-refractivity contribution in [3.8, 4) is 0 Å². The standard InChI is InChI=1S/C9H7ClF4N2O2/c10-5-3-8(16(17)18)7(4-6(5)11)15-2-1-9(12,13)14/h3-4,15H,1-2H2. The monoisotopic (exact) mass is 286 g/mol. The van der Waals surface area contributed by atoms with Crippen molar-refractivity contribution in [3.63, 3.8) is 0 Å². The summed E-state index contributed by atoms with van der Waals surface area (Å²) in [5, 5.41) is 12.3. The Hall–Kier alpha value is -1.57. The van der Waals surface area contributed by atoms with Crippen molar-refractivity contribution < 1.29 is 22.5 Å². The highest BCUT2D eigenvalue weighted by Crippen LogP contribution is 2.30. The number of nitrogens with one attached hydrogen (secondary N) is 1. The minimum Gasteiger partial charge on any atom is -0.379 e. The van der Waals surface area contributed by atoms with Gasteiger partial charge in [0.25, 0.3) is 5.69 Å². The fourth-order valence-corrected chi connectivity index (χ4v) is 1.33. The fraction of sp³-hybridized carbons (Fsp3) is 0.333. The second kappa shape index (κ2) is 5.38. The summed E-state index contributed by atoms with van der Waals surface area (Å²) in [6.07, 6.45) is -5.58. The number of nitro groups is 1. The molecule has 0 atom stereocenters. The molecular weight excluding hydrogens is 280 g/mol. The molecule has 4 nitrogen and oxygen atoms in total. The first kappa shape index (κ1) is 14.5. The molecule has 1 aromatic carbocycles. The van der Waals surface area contributed by atoms with Gasteiger partial charge in [-0.15, -0.1) is 0 Å². The number of nitro benzene ring substituents is 1. The molecule has 0 unspecified atom stereocenters. The number of rotatable bonds is 4. The van der Waals surface area contributed by atoms with E-state index in [1.807, 2.05) is 0 Å². The van der Waals surface area contributed by atoms with Gasteiger partial charge in [-0.1, -0.05) is 11.6 Å². The zero-order chi connectivity index (χ0) is 13.9. The molecule has 1 rings (SSSR count). The largest absolute Gasteiger partial charge is 0.390 e. The highest BCUT2D eigenvalue weighted by molar-refractivity contribution is 6.31. The van der Waals surface area contributed by atoms with Crippen molar-refractivity contribution in [1.29, 1.82) is 0 Å². The summed E-state index contributed by atoms with van der Waals surface area (Å²) in [6.45, 7) is -0.592. The maximum Gasteiger partial charge on any atom is 0.390 e. The number of hydrogen-bond donors (Lipinski definition) is 1. The molecule has 0 fully saturated rings. The van der Waals surface area contributed by atoms with Gasteiger partial charge in [0.05, 0.1) is 16.4 Å². The van der Waals surface area contributed by atoms with Crippen molar-refractivity contribution in [2.24, 2.45) is 0 Å². The molecule has 0 aliphatic rings. The van der Waals surface area contributed by atoms with Gasteiger partial charge in [-0.25, -0.2) is 4.39 Å². The summed E-state index contributed by atoms with van der Waals surface area (Å²) in [6, 6.07) is 1.43. The lowest BCUT2D eigenvalue weighted by atomic mass is 10.2. The molecule has 0 saturated carbocycles.